The zero-order chi connectivity index (χ0) is 18.4. The zero-order valence-corrected chi connectivity index (χ0v) is 16.7. The average Bonchev–Trinajstić information content (AvgIpc) is 2.80. The first-order valence-electron chi connectivity index (χ1n) is 8.46. The number of amides is 2. The van der Waals surface area contributed by atoms with Crippen LogP contribution in [0.1, 0.15) is 47.4 Å². The minimum atomic E-state index is -3.90. The van der Waals surface area contributed by atoms with Crippen LogP contribution in [0.5, 0.6) is 0 Å². The number of benzene rings is 1. The standard InChI is InChI=1S/C17H23N3O4S.ClH/c1-11(2)20-17(22)14-5-4-12(10-15(14)25(20,23)24)16(21)19(3)13-6-8-18-9-7-13;/h4-5,10-11,13,18H,6-9H2,1-3H3;1H. The Morgan fingerprint density at radius 3 is 2.46 bits per heavy atom. The molecule has 0 spiro atoms. The highest BCUT2D eigenvalue weighted by Crippen LogP contribution is 2.33. The molecule has 0 bridgehead atoms. The molecule has 144 valence electrons. The number of fused-ring (bicyclic) bond motifs is 1. The Morgan fingerprint density at radius 1 is 1.27 bits per heavy atom. The third-order valence-corrected chi connectivity index (χ3v) is 6.84. The van der Waals surface area contributed by atoms with Gasteiger partial charge in [-0.25, -0.2) is 12.7 Å². The maximum absolute atomic E-state index is 12.8. The van der Waals surface area contributed by atoms with Crippen molar-refractivity contribution < 1.29 is 18.0 Å². The molecule has 0 unspecified atom stereocenters. The number of hydrogen-bond acceptors (Lipinski definition) is 5. The number of piperidine rings is 1. The molecule has 3 rings (SSSR count). The van der Waals surface area contributed by atoms with Crippen molar-refractivity contribution in [1.29, 1.82) is 0 Å². The van der Waals surface area contributed by atoms with E-state index in [9.17, 15) is 18.0 Å². The van der Waals surface area contributed by atoms with Crippen LogP contribution in [0.2, 0.25) is 0 Å². The Labute approximate surface area is 160 Å². The van der Waals surface area contributed by atoms with E-state index in [2.05, 4.69) is 5.32 Å². The topological polar surface area (TPSA) is 86.8 Å². The van der Waals surface area contributed by atoms with Gasteiger partial charge < -0.3 is 10.2 Å². The second-order valence-corrected chi connectivity index (χ2v) is 8.59. The minimum Gasteiger partial charge on any atom is -0.339 e. The maximum atomic E-state index is 12.8. The fourth-order valence-electron chi connectivity index (χ4n) is 3.45. The molecular formula is C17H24ClN3O4S. The number of hydrogen-bond donors (Lipinski definition) is 1. The molecule has 0 radical (unpaired) electrons. The molecule has 2 aliphatic heterocycles. The molecule has 1 fully saturated rings. The fourth-order valence-corrected chi connectivity index (χ4v) is 5.25. The maximum Gasteiger partial charge on any atom is 0.269 e. The summed E-state index contributed by atoms with van der Waals surface area (Å²) < 4.78 is 26.2. The van der Waals surface area contributed by atoms with Gasteiger partial charge in [0.2, 0.25) is 0 Å². The lowest BCUT2D eigenvalue weighted by Crippen LogP contribution is -2.44. The highest BCUT2D eigenvalue weighted by Gasteiger charge is 2.43. The van der Waals surface area contributed by atoms with Crippen molar-refractivity contribution in [1.82, 2.24) is 14.5 Å². The number of sulfonamides is 1. The SMILES string of the molecule is CC(C)N1C(=O)c2ccc(C(=O)N(C)C3CCNCC3)cc2S1(=O)=O.Cl. The van der Waals surface area contributed by atoms with Gasteiger partial charge in [-0.15, -0.1) is 12.4 Å². The van der Waals surface area contributed by atoms with Crippen molar-refractivity contribution >= 4 is 34.2 Å². The van der Waals surface area contributed by atoms with Crippen molar-refractivity contribution in [2.24, 2.45) is 0 Å². The van der Waals surface area contributed by atoms with Gasteiger partial charge in [0.1, 0.15) is 4.90 Å². The predicted molar refractivity (Wildman–Crippen MR) is 100 cm³/mol. The highest BCUT2D eigenvalue weighted by atomic mass is 35.5. The van der Waals surface area contributed by atoms with E-state index in [4.69, 9.17) is 0 Å². The molecule has 1 N–H and O–H groups in total. The van der Waals surface area contributed by atoms with Crippen LogP contribution in [0, 0.1) is 0 Å². The van der Waals surface area contributed by atoms with Crippen LogP contribution >= 0.6 is 12.4 Å². The van der Waals surface area contributed by atoms with Crippen LogP contribution in [0.25, 0.3) is 0 Å². The van der Waals surface area contributed by atoms with Crippen LogP contribution in [0.3, 0.4) is 0 Å². The molecule has 7 nitrogen and oxygen atoms in total. The summed E-state index contributed by atoms with van der Waals surface area (Å²) in [6, 6.07) is 3.98. The monoisotopic (exact) mass is 401 g/mol. The molecule has 1 aromatic rings. The molecule has 0 atom stereocenters. The third kappa shape index (κ3) is 3.33. The van der Waals surface area contributed by atoms with Crippen molar-refractivity contribution in [3.63, 3.8) is 0 Å². The van der Waals surface area contributed by atoms with Crippen molar-refractivity contribution in [3.05, 3.63) is 29.3 Å². The molecule has 0 saturated carbocycles. The van der Waals surface area contributed by atoms with E-state index < -0.39 is 22.0 Å². The molecule has 1 saturated heterocycles. The van der Waals surface area contributed by atoms with Crippen molar-refractivity contribution in [2.75, 3.05) is 20.1 Å². The first-order valence-corrected chi connectivity index (χ1v) is 9.90. The third-order valence-electron chi connectivity index (χ3n) is 4.84. The van der Waals surface area contributed by atoms with Gasteiger partial charge in [0.25, 0.3) is 21.8 Å². The molecule has 1 aromatic carbocycles. The van der Waals surface area contributed by atoms with Gasteiger partial charge in [0, 0.05) is 24.7 Å². The Bertz CT molecular complexity index is 819. The van der Waals surface area contributed by atoms with Gasteiger partial charge in [-0.05, 0) is 58.0 Å². The molecule has 2 amide bonds. The molecule has 26 heavy (non-hydrogen) atoms. The van der Waals surface area contributed by atoms with Crippen molar-refractivity contribution in [2.45, 2.75) is 43.7 Å². The van der Waals surface area contributed by atoms with E-state index in [0.717, 1.165) is 30.2 Å². The van der Waals surface area contributed by atoms with E-state index in [1.807, 2.05) is 0 Å². The average molecular weight is 402 g/mol. The number of nitrogens with zero attached hydrogens (tertiary/aromatic N) is 2. The summed E-state index contributed by atoms with van der Waals surface area (Å²) >= 11 is 0. The van der Waals surface area contributed by atoms with E-state index in [0.29, 0.717) is 5.56 Å². The summed E-state index contributed by atoms with van der Waals surface area (Å²) in [5.74, 6) is -0.754. The predicted octanol–water partition coefficient (Wildman–Crippen LogP) is 1.49. The molecule has 9 heteroatoms. The molecule has 0 aromatic heterocycles. The van der Waals surface area contributed by atoms with E-state index in [-0.39, 0.29) is 34.8 Å². The largest absolute Gasteiger partial charge is 0.339 e. The lowest BCUT2D eigenvalue weighted by atomic mass is 10.0. The minimum absolute atomic E-state index is 0. The molecule has 0 aliphatic carbocycles. The Balaban J connectivity index is 0.00000243. The first kappa shape index (κ1) is 20.7. The second kappa shape index (κ2) is 7.54. The second-order valence-electron chi connectivity index (χ2n) is 6.81. The van der Waals surface area contributed by atoms with Gasteiger partial charge in [0.05, 0.1) is 5.56 Å². The number of rotatable bonds is 3. The van der Waals surface area contributed by atoms with Crippen LogP contribution in [-0.2, 0) is 10.0 Å². The Morgan fingerprint density at radius 2 is 1.88 bits per heavy atom. The lowest BCUT2D eigenvalue weighted by molar-refractivity contribution is 0.0702. The smallest absolute Gasteiger partial charge is 0.269 e. The summed E-state index contributed by atoms with van der Waals surface area (Å²) in [5, 5.41) is 3.25. The summed E-state index contributed by atoms with van der Waals surface area (Å²) in [5.41, 5.74) is 0.427. The Hall–Kier alpha value is -1.64. The summed E-state index contributed by atoms with van der Waals surface area (Å²) in [6.45, 7) is 5.02. The summed E-state index contributed by atoms with van der Waals surface area (Å²) in [4.78, 5) is 26.7. The number of carbonyl (C=O) groups excluding carboxylic acids is 2. The number of nitrogens with one attached hydrogen (secondary N) is 1. The molecule has 2 aliphatic rings. The molecule has 2 heterocycles. The van der Waals surface area contributed by atoms with E-state index >= 15 is 0 Å². The number of carbonyl (C=O) groups is 2. The van der Waals surface area contributed by atoms with Crippen LogP contribution in [0.15, 0.2) is 23.1 Å². The van der Waals surface area contributed by atoms with E-state index in [1.54, 1.807) is 25.8 Å². The van der Waals surface area contributed by atoms with Gasteiger partial charge in [-0.2, -0.15) is 0 Å². The van der Waals surface area contributed by atoms with Crippen molar-refractivity contribution in [3.8, 4) is 0 Å². The van der Waals surface area contributed by atoms with Gasteiger partial charge in [0.15, 0.2) is 0 Å². The quantitative estimate of drug-likeness (QED) is 0.829. The highest BCUT2D eigenvalue weighted by molar-refractivity contribution is 7.90. The summed E-state index contributed by atoms with van der Waals surface area (Å²) in [6.07, 6.45) is 1.73. The van der Waals surface area contributed by atoms with Gasteiger partial charge in [-0.1, -0.05) is 0 Å². The molecular weight excluding hydrogens is 378 g/mol. The van der Waals surface area contributed by atoms with Crippen LogP contribution in [-0.4, -0.2) is 61.7 Å². The van der Waals surface area contributed by atoms with Crippen LogP contribution in [0.4, 0.5) is 0 Å². The first-order chi connectivity index (χ1) is 11.7. The Kier molecular flexibility index (Phi) is 5.99. The lowest BCUT2D eigenvalue weighted by Gasteiger charge is -2.31. The fraction of sp³-hybridized carbons (Fsp3) is 0.529. The van der Waals surface area contributed by atoms with E-state index in [1.165, 1.54) is 18.2 Å². The zero-order valence-electron chi connectivity index (χ0n) is 15.1. The van der Waals surface area contributed by atoms with Crippen LogP contribution < -0.4 is 5.32 Å². The normalized spacial score (nSPS) is 19.2. The summed E-state index contributed by atoms with van der Waals surface area (Å²) in [7, 11) is -2.16. The number of halogens is 1. The van der Waals surface area contributed by atoms with Gasteiger partial charge >= 0.3 is 0 Å². The van der Waals surface area contributed by atoms with Gasteiger partial charge in [-0.3, -0.25) is 9.59 Å².